The standard InChI is InChI=1S/C7H6Br2F2N2O/c8-4-1-3(13-12)2-5(9)6(4)14-7(10)11/h1-2,7,13H,12H2. The highest BCUT2D eigenvalue weighted by atomic mass is 79.9. The normalized spacial score (nSPS) is 10.4. The van der Waals surface area contributed by atoms with Gasteiger partial charge in [0, 0.05) is 0 Å². The maximum Gasteiger partial charge on any atom is 0.387 e. The fraction of sp³-hybridized carbons (Fsp3) is 0.143. The number of anilines is 1. The van der Waals surface area contributed by atoms with E-state index in [9.17, 15) is 8.78 Å². The number of halogens is 4. The van der Waals surface area contributed by atoms with Crippen molar-refractivity contribution in [2.45, 2.75) is 6.61 Å². The Labute approximate surface area is 95.8 Å². The Balaban J connectivity index is 3.05. The van der Waals surface area contributed by atoms with Crippen LogP contribution in [0.25, 0.3) is 0 Å². The van der Waals surface area contributed by atoms with Crippen molar-refractivity contribution in [3.8, 4) is 5.75 Å². The summed E-state index contributed by atoms with van der Waals surface area (Å²) in [5, 5.41) is 0. The van der Waals surface area contributed by atoms with Gasteiger partial charge in [-0.3, -0.25) is 5.84 Å². The van der Waals surface area contributed by atoms with Gasteiger partial charge in [0.25, 0.3) is 0 Å². The third-order valence-electron chi connectivity index (χ3n) is 1.37. The van der Waals surface area contributed by atoms with Crippen LogP contribution in [0.1, 0.15) is 0 Å². The molecule has 0 unspecified atom stereocenters. The summed E-state index contributed by atoms with van der Waals surface area (Å²) in [5.41, 5.74) is 2.96. The van der Waals surface area contributed by atoms with Crippen LogP contribution in [0.4, 0.5) is 14.5 Å². The fourth-order valence-corrected chi connectivity index (χ4v) is 2.22. The summed E-state index contributed by atoms with van der Waals surface area (Å²) in [5.74, 6) is 5.20. The van der Waals surface area contributed by atoms with Crippen molar-refractivity contribution < 1.29 is 13.5 Å². The highest BCUT2D eigenvalue weighted by Crippen LogP contribution is 2.37. The number of nitrogen functional groups attached to an aromatic ring is 1. The molecule has 0 saturated carbocycles. The van der Waals surface area contributed by atoms with Gasteiger partial charge >= 0.3 is 6.61 Å². The van der Waals surface area contributed by atoms with Gasteiger partial charge in [-0.25, -0.2) is 0 Å². The van der Waals surface area contributed by atoms with E-state index in [1.165, 1.54) is 12.1 Å². The zero-order valence-electron chi connectivity index (χ0n) is 6.73. The Morgan fingerprint density at radius 2 is 1.79 bits per heavy atom. The van der Waals surface area contributed by atoms with Crippen LogP contribution in [0.15, 0.2) is 21.1 Å². The van der Waals surface area contributed by atoms with Crippen LogP contribution < -0.4 is 16.0 Å². The molecule has 0 amide bonds. The quantitative estimate of drug-likeness (QED) is 0.661. The summed E-state index contributed by atoms with van der Waals surface area (Å²) in [4.78, 5) is 0. The Hall–Kier alpha value is -0.400. The van der Waals surface area contributed by atoms with Gasteiger partial charge in [0.05, 0.1) is 14.6 Å². The minimum absolute atomic E-state index is 0.0407. The van der Waals surface area contributed by atoms with Crippen LogP contribution in [-0.4, -0.2) is 6.61 Å². The molecule has 0 atom stereocenters. The number of benzene rings is 1. The first-order valence-corrected chi connectivity index (χ1v) is 5.03. The topological polar surface area (TPSA) is 47.3 Å². The number of nitrogens with two attached hydrogens (primary N) is 1. The summed E-state index contributed by atoms with van der Waals surface area (Å²) in [6, 6.07) is 3.06. The Morgan fingerprint density at radius 1 is 1.29 bits per heavy atom. The average molecular weight is 332 g/mol. The fourth-order valence-electron chi connectivity index (χ4n) is 0.845. The zero-order valence-corrected chi connectivity index (χ0v) is 9.90. The monoisotopic (exact) mass is 330 g/mol. The highest BCUT2D eigenvalue weighted by molar-refractivity contribution is 9.11. The number of hydrazine groups is 1. The maximum atomic E-state index is 12.0. The van der Waals surface area contributed by atoms with Crippen LogP contribution in [0.5, 0.6) is 5.75 Å². The van der Waals surface area contributed by atoms with Gasteiger partial charge in [0.1, 0.15) is 0 Å². The number of alkyl halides is 2. The molecule has 0 aromatic heterocycles. The van der Waals surface area contributed by atoms with E-state index in [0.717, 1.165) is 0 Å². The van der Waals surface area contributed by atoms with E-state index in [0.29, 0.717) is 14.6 Å². The number of nitrogens with one attached hydrogen (secondary N) is 1. The first-order valence-electron chi connectivity index (χ1n) is 3.45. The lowest BCUT2D eigenvalue weighted by molar-refractivity contribution is -0.0508. The molecule has 1 rings (SSSR count). The van der Waals surface area contributed by atoms with Crippen molar-refractivity contribution in [1.29, 1.82) is 0 Å². The lowest BCUT2D eigenvalue weighted by Crippen LogP contribution is -2.08. The van der Waals surface area contributed by atoms with E-state index in [2.05, 4.69) is 42.0 Å². The lowest BCUT2D eigenvalue weighted by atomic mass is 10.3. The Kier molecular flexibility index (Phi) is 4.09. The molecule has 0 radical (unpaired) electrons. The predicted octanol–water partition coefficient (Wildman–Crippen LogP) is 3.10. The molecule has 0 fully saturated rings. The lowest BCUT2D eigenvalue weighted by Gasteiger charge is -2.10. The van der Waals surface area contributed by atoms with Crippen molar-refractivity contribution in [3.05, 3.63) is 21.1 Å². The van der Waals surface area contributed by atoms with E-state index >= 15 is 0 Å². The van der Waals surface area contributed by atoms with Crippen LogP contribution in [0, 0.1) is 0 Å². The minimum atomic E-state index is -2.86. The van der Waals surface area contributed by atoms with Crippen molar-refractivity contribution in [3.63, 3.8) is 0 Å². The maximum absolute atomic E-state index is 12.0. The molecule has 0 heterocycles. The first-order chi connectivity index (χ1) is 6.54. The molecule has 0 aliphatic heterocycles. The van der Waals surface area contributed by atoms with E-state index in [1.807, 2.05) is 0 Å². The molecule has 3 nitrogen and oxygen atoms in total. The third-order valence-corrected chi connectivity index (χ3v) is 2.55. The Bertz CT molecular complexity index is 312. The molecule has 7 heteroatoms. The highest BCUT2D eigenvalue weighted by Gasteiger charge is 2.13. The summed E-state index contributed by atoms with van der Waals surface area (Å²) in [7, 11) is 0. The Morgan fingerprint density at radius 3 is 2.14 bits per heavy atom. The second-order valence-electron chi connectivity index (χ2n) is 2.29. The van der Waals surface area contributed by atoms with Crippen molar-refractivity contribution in [2.75, 3.05) is 5.43 Å². The van der Waals surface area contributed by atoms with Gasteiger partial charge < -0.3 is 10.2 Å². The molecule has 3 N–H and O–H groups in total. The summed E-state index contributed by atoms with van der Waals surface area (Å²) < 4.78 is 29.0. The van der Waals surface area contributed by atoms with Crippen molar-refractivity contribution >= 4 is 37.5 Å². The molecule has 1 aromatic rings. The number of hydrogen-bond acceptors (Lipinski definition) is 3. The number of hydrogen-bond donors (Lipinski definition) is 2. The zero-order chi connectivity index (χ0) is 10.7. The molecule has 0 bridgehead atoms. The molecular formula is C7H6Br2F2N2O. The van der Waals surface area contributed by atoms with Gasteiger partial charge in [-0.15, -0.1) is 0 Å². The van der Waals surface area contributed by atoms with Gasteiger partial charge in [0.2, 0.25) is 0 Å². The second-order valence-corrected chi connectivity index (χ2v) is 4.00. The van der Waals surface area contributed by atoms with E-state index < -0.39 is 6.61 Å². The van der Waals surface area contributed by atoms with Crippen molar-refractivity contribution in [1.82, 2.24) is 0 Å². The van der Waals surface area contributed by atoms with Crippen LogP contribution in [0.2, 0.25) is 0 Å². The van der Waals surface area contributed by atoms with E-state index in [1.54, 1.807) is 0 Å². The molecule has 0 aliphatic rings. The van der Waals surface area contributed by atoms with Crippen LogP contribution in [0.3, 0.4) is 0 Å². The molecule has 0 spiro atoms. The summed E-state index contributed by atoms with van der Waals surface area (Å²) in [6.07, 6.45) is 0. The minimum Gasteiger partial charge on any atom is -0.432 e. The van der Waals surface area contributed by atoms with Gasteiger partial charge in [-0.05, 0) is 44.0 Å². The smallest absolute Gasteiger partial charge is 0.387 e. The molecular weight excluding hydrogens is 326 g/mol. The van der Waals surface area contributed by atoms with Gasteiger partial charge in [-0.2, -0.15) is 8.78 Å². The second kappa shape index (κ2) is 4.90. The van der Waals surface area contributed by atoms with Gasteiger partial charge in [0.15, 0.2) is 5.75 Å². The molecule has 78 valence electrons. The van der Waals surface area contributed by atoms with Gasteiger partial charge in [-0.1, -0.05) is 0 Å². The summed E-state index contributed by atoms with van der Waals surface area (Å²) >= 11 is 6.17. The molecule has 0 aliphatic carbocycles. The largest absolute Gasteiger partial charge is 0.432 e. The van der Waals surface area contributed by atoms with Crippen molar-refractivity contribution in [2.24, 2.45) is 5.84 Å². The number of ether oxygens (including phenoxy) is 1. The molecule has 14 heavy (non-hydrogen) atoms. The van der Waals surface area contributed by atoms with E-state index in [4.69, 9.17) is 5.84 Å². The third kappa shape index (κ3) is 2.79. The van der Waals surface area contributed by atoms with Crippen LogP contribution >= 0.6 is 31.9 Å². The first kappa shape index (κ1) is 11.7. The van der Waals surface area contributed by atoms with E-state index in [-0.39, 0.29) is 5.75 Å². The predicted molar refractivity (Wildman–Crippen MR) is 56.3 cm³/mol. The molecule has 0 saturated heterocycles. The van der Waals surface area contributed by atoms with Crippen LogP contribution in [-0.2, 0) is 0 Å². The SMILES string of the molecule is NNc1cc(Br)c(OC(F)F)c(Br)c1. The number of rotatable bonds is 3. The molecule has 1 aromatic carbocycles. The average Bonchev–Trinajstić information content (AvgIpc) is 2.10. The summed E-state index contributed by atoms with van der Waals surface area (Å²) in [6.45, 7) is -2.86.